The van der Waals surface area contributed by atoms with Crippen molar-refractivity contribution in [1.82, 2.24) is 0 Å². The third-order valence-corrected chi connectivity index (χ3v) is 13.0. The Kier molecular flexibility index (Phi) is 5.05. The average Bonchev–Trinajstić information content (AvgIpc) is 3.69. The zero-order chi connectivity index (χ0) is 43.6. The molecule has 1 heteroatoms. The molecule has 0 radical (unpaired) electrons. The molecule has 0 fully saturated rings. The first kappa shape index (κ1) is 22.0. The molecule has 0 saturated heterocycles. The van der Waals surface area contributed by atoms with Crippen LogP contribution in [-0.4, -0.2) is 14.5 Å². The molecule has 10 aromatic carbocycles. The molecule has 246 valence electrons. The number of hydrogen-bond acceptors (Lipinski definition) is 0. The summed E-state index contributed by atoms with van der Waals surface area (Å²) < 4.78 is 88.9. The van der Waals surface area contributed by atoms with E-state index in [0.29, 0.717) is 11.1 Å². The second-order valence-electron chi connectivity index (χ2n) is 13.2. The molecule has 1 aromatic heterocycles. The molecule has 0 aliphatic carbocycles. The van der Waals surface area contributed by atoms with Crippen molar-refractivity contribution < 1.29 is 13.7 Å². The van der Waals surface area contributed by atoms with Crippen LogP contribution in [0.25, 0.3) is 107 Å². The first-order valence-electron chi connectivity index (χ1n) is 22.4. The second-order valence-corrected chi connectivity index (χ2v) is 15.4. The minimum atomic E-state index is -0.422. The summed E-state index contributed by atoms with van der Waals surface area (Å²) in [6.07, 6.45) is 0. The van der Waals surface area contributed by atoms with Crippen LogP contribution < -0.4 is 0 Å². The van der Waals surface area contributed by atoms with Gasteiger partial charge >= 0.3 is 328 Å². The molecule has 0 aliphatic rings. The molecule has 0 atom stereocenters. The predicted molar refractivity (Wildman–Crippen MR) is 230 cm³/mol. The summed E-state index contributed by atoms with van der Waals surface area (Å²) in [6, 6.07) is 41.6. The number of rotatable bonds is 4. The van der Waals surface area contributed by atoms with Crippen molar-refractivity contribution in [2.75, 3.05) is 0 Å². The third-order valence-electron chi connectivity index (χ3n) is 10.4. The molecule has 0 bridgehead atoms. The maximum atomic E-state index is 8.97. The normalized spacial score (nSPS) is 14.4. The van der Waals surface area contributed by atoms with Crippen LogP contribution in [0.2, 0.25) is 0 Å². The van der Waals surface area contributed by atoms with Crippen LogP contribution in [0.1, 0.15) is 13.7 Å². The van der Waals surface area contributed by atoms with Gasteiger partial charge in [0.05, 0.1) is 1.37 Å². The average molecular weight is 746 g/mol. The van der Waals surface area contributed by atoms with Crippen molar-refractivity contribution in [2.24, 2.45) is 0 Å². The van der Waals surface area contributed by atoms with E-state index in [1.54, 1.807) is 0 Å². The van der Waals surface area contributed by atoms with Gasteiger partial charge in [-0.15, -0.1) is 0 Å². The fourth-order valence-corrected chi connectivity index (χ4v) is 10.8. The summed E-state index contributed by atoms with van der Waals surface area (Å²) in [5, 5.41) is 9.14. The topological polar surface area (TPSA) is 0 Å². The quantitative estimate of drug-likeness (QED) is 0.124. The van der Waals surface area contributed by atoms with E-state index in [0.717, 1.165) is 76.1 Å². The van der Waals surface area contributed by atoms with Crippen LogP contribution in [-0.2, 0) is 0 Å². The van der Waals surface area contributed by atoms with Gasteiger partial charge in [-0.1, -0.05) is 0 Å². The van der Waals surface area contributed by atoms with Gasteiger partial charge in [0.15, 0.2) is 0 Å². The van der Waals surface area contributed by atoms with Gasteiger partial charge in [-0.3, -0.25) is 0 Å². The molecule has 53 heavy (non-hydrogen) atoms. The monoisotopic (exact) mass is 746 g/mol. The summed E-state index contributed by atoms with van der Waals surface area (Å²) in [5.74, 6) is 0. The van der Waals surface area contributed by atoms with Gasteiger partial charge in [-0.25, -0.2) is 0 Å². The van der Waals surface area contributed by atoms with Crippen molar-refractivity contribution in [3.63, 3.8) is 0 Å². The maximum absolute atomic E-state index is 8.97. The van der Waals surface area contributed by atoms with Gasteiger partial charge in [-0.2, -0.15) is 0 Å². The van der Waals surface area contributed by atoms with E-state index < -0.39 is 12.1 Å². The molecule has 1 heterocycles. The SMILES string of the molecule is [2H]c1c([2H])c([2H])c(-c2c3ccccc3c(-c3ccc4[se]c5c(-c6c7ccccc7c(-c7c([2H])c([2H])c([2H])c([2H])c7[2H])c7ccccc67)cccc5c4c3)c3ccccc23)c([2H])c1[2H]. The van der Waals surface area contributed by atoms with Crippen molar-refractivity contribution in [1.29, 1.82) is 0 Å². The third kappa shape index (κ3) is 4.69. The molecule has 0 N–H and O–H groups in total. The summed E-state index contributed by atoms with van der Waals surface area (Å²) in [6.45, 7) is 0. The van der Waals surface area contributed by atoms with Crippen LogP contribution in [0.15, 0.2) is 194 Å². The van der Waals surface area contributed by atoms with Crippen LogP contribution in [0.4, 0.5) is 0 Å². The van der Waals surface area contributed by atoms with Crippen LogP contribution in [0.3, 0.4) is 0 Å². The first-order valence-corrected chi connectivity index (χ1v) is 19.2. The van der Waals surface area contributed by atoms with E-state index >= 15 is 0 Å². The van der Waals surface area contributed by atoms with Crippen molar-refractivity contribution >= 4 is 76.9 Å². The fourth-order valence-electron chi connectivity index (χ4n) is 8.30. The Bertz CT molecular complexity index is 3640. The van der Waals surface area contributed by atoms with E-state index in [1.807, 2.05) is 84.9 Å². The molecule has 0 saturated carbocycles. The van der Waals surface area contributed by atoms with Crippen LogP contribution in [0.5, 0.6) is 0 Å². The number of fused-ring (bicyclic) bond motifs is 7. The number of benzene rings is 10. The molecule has 0 nitrogen and oxygen atoms in total. The molecular formula is C52H32Se. The Hall–Kier alpha value is -6.24. The zero-order valence-corrected chi connectivity index (χ0v) is 29.8. The van der Waals surface area contributed by atoms with Crippen LogP contribution in [0, 0.1) is 0 Å². The van der Waals surface area contributed by atoms with Crippen molar-refractivity contribution in [3.05, 3.63) is 194 Å². The van der Waals surface area contributed by atoms with E-state index in [-0.39, 0.29) is 74.0 Å². The van der Waals surface area contributed by atoms with E-state index in [2.05, 4.69) is 48.5 Å². The molecule has 0 aliphatic heterocycles. The summed E-state index contributed by atoms with van der Waals surface area (Å²) in [7, 11) is 0. The van der Waals surface area contributed by atoms with Gasteiger partial charge in [0.1, 0.15) is 0 Å². The molecule has 0 amide bonds. The molecule has 11 rings (SSSR count). The van der Waals surface area contributed by atoms with E-state index in [9.17, 15) is 0 Å². The van der Waals surface area contributed by atoms with Crippen LogP contribution >= 0.6 is 0 Å². The Balaban J connectivity index is 1.17. The summed E-state index contributed by atoms with van der Waals surface area (Å²) in [5.41, 5.74) is 5.71. The minimum absolute atomic E-state index is 0.0808. The number of hydrogen-bond donors (Lipinski definition) is 0. The van der Waals surface area contributed by atoms with E-state index in [4.69, 9.17) is 13.7 Å². The summed E-state index contributed by atoms with van der Waals surface area (Å²) >= 11 is -0.0808. The molecule has 0 unspecified atom stereocenters. The second kappa shape index (κ2) is 12.2. The Labute approximate surface area is 328 Å². The van der Waals surface area contributed by atoms with Gasteiger partial charge in [0.2, 0.25) is 0 Å². The molecular weight excluding hydrogens is 704 g/mol. The standard InChI is InChI=1S/C52H32Se/c1-3-16-33(17-4-1)48-36-20-7-9-22-38(36)50(39-23-10-8-21-37(39)48)35-30-31-47-46(32-35)44-28-15-29-45(52(44)53-47)51-42-26-13-11-24-40(42)49(34-18-5-2-6-19-34)41-25-12-14-27-43(41)51/h1-32H/i1D,2D,3D,4D,5D,6D,16D,17D,18D,19D. The fraction of sp³-hybridized carbons (Fsp3) is 0. The Morgan fingerprint density at radius 2 is 0.717 bits per heavy atom. The Morgan fingerprint density at radius 3 is 1.17 bits per heavy atom. The van der Waals surface area contributed by atoms with Gasteiger partial charge in [0.25, 0.3) is 0 Å². The van der Waals surface area contributed by atoms with Gasteiger partial charge in [-0.05, 0) is 0 Å². The van der Waals surface area contributed by atoms with E-state index in [1.165, 1.54) is 8.52 Å². The van der Waals surface area contributed by atoms with Gasteiger partial charge < -0.3 is 0 Å². The predicted octanol–water partition coefficient (Wildman–Crippen LogP) is 14.3. The zero-order valence-electron chi connectivity index (χ0n) is 38.1. The first-order chi connectivity index (χ1) is 30.5. The van der Waals surface area contributed by atoms with Crippen molar-refractivity contribution in [3.8, 4) is 44.5 Å². The Morgan fingerprint density at radius 1 is 0.321 bits per heavy atom. The molecule has 0 spiro atoms. The summed E-state index contributed by atoms with van der Waals surface area (Å²) in [4.78, 5) is 0. The van der Waals surface area contributed by atoms with Gasteiger partial charge in [0, 0.05) is 0 Å². The molecule has 11 aromatic rings. The van der Waals surface area contributed by atoms with Crippen molar-refractivity contribution in [2.45, 2.75) is 0 Å².